The molecule has 0 spiro atoms. The fourth-order valence-corrected chi connectivity index (χ4v) is 3.06. The van der Waals surface area contributed by atoms with Crippen LogP contribution in [0.25, 0.3) is 0 Å². The van der Waals surface area contributed by atoms with Crippen molar-refractivity contribution in [2.75, 3.05) is 6.54 Å². The maximum absolute atomic E-state index is 6.01. The molecule has 0 radical (unpaired) electrons. The maximum Gasteiger partial charge on any atom is 0.119 e. The zero-order valence-electron chi connectivity index (χ0n) is 12.3. The summed E-state index contributed by atoms with van der Waals surface area (Å²) in [5.41, 5.74) is 7.11. The summed E-state index contributed by atoms with van der Waals surface area (Å²) in [5.74, 6) is 2.21. The molecule has 1 aromatic carbocycles. The highest BCUT2D eigenvalue weighted by Gasteiger charge is 2.17. The molecular formula is C17H27NO. The van der Waals surface area contributed by atoms with Gasteiger partial charge >= 0.3 is 0 Å². The average Bonchev–Trinajstić information content (AvgIpc) is 2.90. The molecule has 1 unspecified atom stereocenters. The Morgan fingerprint density at radius 3 is 2.32 bits per heavy atom. The van der Waals surface area contributed by atoms with Crippen molar-refractivity contribution in [1.82, 2.24) is 0 Å². The summed E-state index contributed by atoms with van der Waals surface area (Å²) < 4.78 is 6.01. The molecule has 2 nitrogen and oxygen atoms in total. The van der Waals surface area contributed by atoms with Crippen molar-refractivity contribution in [1.29, 1.82) is 0 Å². The van der Waals surface area contributed by atoms with Gasteiger partial charge in [0.1, 0.15) is 5.75 Å². The minimum absolute atomic E-state index is 0.441. The van der Waals surface area contributed by atoms with Gasteiger partial charge in [0.25, 0.3) is 0 Å². The summed E-state index contributed by atoms with van der Waals surface area (Å²) in [6.07, 6.45) is 6.55. The Morgan fingerprint density at radius 2 is 1.79 bits per heavy atom. The van der Waals surface area contributed by atoms with Crippen molar-refractivity contribution in [2.24, 2.45) is 11.7 Å². The van der Waals surface area contributed by atoms with E-state index in [0.29, 0.717) is 17.9 Å². The molecule has 2 heteroatoms. The predicted octanol–water partition coefficient (Wildman–Crippen LogP) is 4.10. The molecule has 0 aliphatic heterocycles. The van der Waals surface area contributed by atoms with Gasteiger partial charge in [-0.2, -0.15) is 0 Å². The van der Waals surface area contributed by atoms with Crippen molar-refractivity contribution in [2.45, 2.75) is 58.0 Å². The summed E-state index contributed by atoms with van der Waals surface area (Å²) in [7, 11) is 0. The predicted molar refractivity (Wildman–Crippen MR) is 80.6 cm³/mol. The normalized spacial score (nSPS) is 17.9. The van der Waals surface area contributed by atoms with Gasteiger partial charge in [-0.3, -0.25) is 0 Å². The second kappa shape index (κ2) is 6.95. The van der Waals surface area contributed by atoms with Crippen molar-refractivity contribution in [3.05, 3.63) is 29.8 Å². The van der Waals surface area contributed by atoms with Crippen molar-refractivity contribution in [3.8, 4) is 5.75 Å². The van der Waals surface area contributed by atoms with Crippen molar-refractivity contribution < 1.29 is 4.74 Å². The fourth-order valence-electron chi connectivity index (χ4n) is 3.06. The molecule has 19 heavy (non-hydrogen) atoms. The highest BCUT2D eigenvalue weighted by atomic mass is 16.5. The van der Waals surface area contributed by atoms with Crippen LogP contribution in [0.3, 0.4) is 0 Å². The first-order valence-electron chi connectivity index (χ1n) is 7.67. The molecule has 1 fully saturated rings. The van der Waals surface area contributed by atoms with E-state index in [9.17, 15) is 0 Å². The van der Waals surface area contributed by atoms with E-state index in [0.717, 1.165) is 18.7 Å². The standard InChI is InChI=1S/C17H27NO/c1-13(2)17(11-12-18)14-7-9-16(10-8-14)19-15-5-3-4-6-15/h7-10,13,15,17H,3-6,11-12,18H2,1-2H3. The van der Waals surface area contributed by atoms with Gasteiger partial charge in [-0.25, -0.2) is 0 Å². The molecule has 1 aliphatic rings. The van der Waals surface area contributed by atoms with E-state index in [1.165, 1.54) is 31.2 Å². The Morgan fingerprint density at radius 1 is 1.16 bits per heavy atom. The summed E-state index contributed by atoms with van der Waals surface area (Å²) in [5, 5.41) is 0. The topological polar surface area (TPSA) is 35.2 Å². The highest BCUT2D eigenvalue weighted by Crippen LogP contribution is 2.30. The second-order valence-corrected chi connectivity index (χ2v) is 6.02. The van der Waals surface area contributed by atoms with Crippen LogP contribution in [0.1, 0.15) is 57.4 Å². The number of nitrogens with two attached hydrogens (primary N) is 1. The van der Waals surface area contributed by atoms with Gasteiger partial charge in [-0.15, -0.1) is 0 Å². The van der Waals surface area contributed by atoms with Gasteiger partial charge in [-0.1, -0.05) is 26.0 Å². The lowest BCUT2D eigenvalue weighted by Gasteiger charge is -2.21. The van der Waals surface area contributed by atoms with Gasteiger partial charge < -0.3 is 10.5 Å². The average molecular weight is 261 g/mol. The molecule has 2 N–H and O–H groups in total. The van der Waals surface area contributed by atoms with E-state index < -0.39 is 0 Å². The van der Waals surface area contributed by atoms with Crippen molar-refractivity contribution in [3.63, 3.8) is 0 Å². The number of hydrogen-bond donors (Lipinski definition) is 1. The molecule has 106 valence electrons. The Bertz CT molecular complexity index is 365. The summed E-state index contributed by atoms with van der Waals surface area (Å²) in [4.78, 5) is 0. The molecule has 1 atom stereocenters. The van der Waals surface area contributed by atoms with Gasteiger partial charge in [0.2, 0.25) is 0 Å². The van der Waals surface area contributed by atoms with E-state index in [1.807, 2.05) is 0 Å². The molecule has 0 saturated heterocycles. The van der Waals surface area contributed by atoms with Crippen molar-refractivity contribution >= 4 is 0 Å². The molecule has 0 heterocycles. The first-order chi connectivity index (χ1) is 9.20. The van der Waals surface area contributed by atoms with E-state index in [1.54, 1.807) is 0 Å². The largest absolute Gasteiger partial charge is 0.490 e. The van der Waals surface area contributed by atoms with Crippen LogP contribution in [-0.4, -0.2) is 12.6 Å². The molecular weight excluding hydrogens is 234 g/mol. The first-order valence-corrected chi connectivity index (χ1v) is 7.67. The maximum atomic E-state index is 6.01. The molecule has 1 aromatic rings. The van der Waals surface area contributed by atoms with E-state index in [-0.39, 0.29) is 0 Å². The Labute approximate surface area is 117 Å². The molecule has 2 rings (SSSR count). The first kappa shape index (κ1) is 14.4. The second-order valence-electron chi connectivity index (χ2n) is 6.02. The van der Waals surface area contributed by atoms with E-state index in [4.69, 9.17) is 10.5 Å². The zero-order chi connectivity index (χ0) is 13.7. The van der Waals surface area contributed by atoms with E-state index >= 15 is 0 Å². The molecule has 0 aromatic heterocycles. The van der Waals surface area contributed by atoms with Crippen LogP contribution in [0.2, 0.25) is 0 Å². The third kappa shape index (κ3) is 3.97. The SMILES string of the molecule is CC(C)C(CCN)c1ccc(OC2CCCC2)cc1. The van der Waals surface area contributed by atoms with Crippen LogP contribution in [0.4, 0.5) is 0 Å². The zero-order valence-corrected chi connectivity index (χ0v) is 12.3. The lowest BCUT2D eigenvalue weighted by atomic mass is 9.86. The molecule has 0 amide bonds. The van der Waals surface area contributed by atoms with Gasteiger partial charge in [0, 0.05) is 0 Å². The Balaban J connectivity index is 1.99. The summed E-state index contributed by atoms with van der Waals surface area (Å²) >= 11 is 0. The lowest BCUT2D eigenvalue weighted by Crippen LogP contribution is -2.13. The third-order valence-corrected chi connectivity index (χ3v) is 4.20. The number of rotatable bonds is 6. The van der Waals surface area contributed by atoms with E-state index in [2.05, 4.69) is 38.1 Å². The molecule has 0 bridgehead atoms. The van der Waals surface area contributed by atoms with Crippen LogP contribution < -0.4 is 10.5 Å². The van der Waals surface area contributed by atoms with Crippen LogP contribution in [0, 0.1) is 5.92 Å². The number of hydrogen-bond acceptors (Lipinski definition) is 2. The van der Waals surface area contributed by atoms with Gasteiger partial charge in [-0.05, 0) is 68.2 Å². The minimum atomic E-state index is 0.441. The Hall–Kier alpha value is -1.02. The highest BCUT2D eigenvalue weighted by molar-refractivity contribution is 5.30. The van der Waals surface area contributed by atoms with Crippen LogP contribution in [-0.2, 0) is 0 Å². The smallest absolute Gasteiger partial charge is 0.119 e. The van der Waals surface area contributed by atoms with Gasteiger partial charge in [0.15, 0.2) is 0 Å². The van der Waals surface area contributed by atoms with Crippen LogP contribution in [0.5, 0.6) is 5.75 Å². The Kier molecular flexibility index (Phi) is 5.26. The summed E-state index contributed by atoms with van der Waals surface area (Å²) in [6.45, 7) is 5.29. The molecule has 1 saturated carbocycles. The van der Waals surface area contributed by atoms with Crippen LogP contribution in [0.15, 0.2) is 24.3 Å². The lowest BCUT2D eigenvalue weighted by molar-refractivity contribution is 0.210. The summed E-state index contributed by atoms with van der Waals surface area (Å²) in [6, 6.07) is 8.67. The fraction of sp³-hybridized carbons (Fsp3) is 0.647. The van der Waals surface area contributed by atoms with Gasteiger partial charge in [0.05, 0.1) is 6.10 Å². The monoisotopic (exact) mass is 261 g/mol. The quantitative estimate of drug-likeness (QED) is 0.837. The van der Waals surface area contributed by atoms with Crippen LogP contribution >= 0.6 is 0 Å². The number of ether oxygens (including phenoxy) is 1. The third-order valence-electron chi connectivity index (χ3n) is 4.20. The number of benzene rings is 1. The minimum Gasteiger partial charge on any atom is -0.490 e. The molecule has 1 aliphatic carbocycles.